The van der Waals surface area contributed by atoms with Gasteiger partial charge >= 0.3 is 17.9 Å². The molecule has 1 N–H and O–H groups in total. The van der Waals surface area contributed by atoms with Crippen molar-refractivity contribution in [3.05, 3.63) is 0 Å². The SMILES string of the molecule is CC(=O)OCCOC1(OCCOC(C)=O)CCN(C(=O)CCC(=O)O)CC1. The molecule has 0 aliphatic carbocycles. The molecule has 1 rings (SSSR count). The van der Waals surface area contributed by atoms with Crippen molar-refractivity contribution in [2.75, 3.05) is 39.5 Å². The van der Waals surface area contributed by atoms with Crippen molar-refractivity contribution in [1.82, 2.24) is 4.90 Å². The molecule has 1 saturated heterocycles. The lowest BCUT2D eigenvalue weighted by Crippen LogP contribution is -2.50. The average Bonchev–Trinajstić information content (AvgIpc) is 2.61. The third-order valence-corrected chi connectivity index (χ3v) is 3.94. The Morgan fingerprint density at radius 3 is 1.74 bits per heavy atom. The Balaban J connectivity index is 2.54. The number of likely N-dealkylation sites (tertiary alicyclic amines) is 1. The number of amides is 1. The van der Waals surface area contributed by atoms with Gasteiger partial charge in [0.25, 0.3) is 0 Å². The number of aliphatic carboxylic acids is 1. The lowest BCUT2D eigenvalue weighted by Gasteiger charge is -2.41. The smallest absolute Gasteiger partial charge is 0.303 e. The van der Waals surface area contributed by atoms with Crippen molar-refractivity contribution in [2.45, 2.75) is 45.3 Å². The largest absolute Gasteiger partial charge is 0.481 e. The molecule has 154 valence electrons. The van der Waals surface area contributed by atoms with Gasteiger partial charge in [0.15, 0.2) is 5.79 Å². The topological polar surface area (TPSA) is 129 Å². The summed E-state index contributed by atoms with van der Waals surface area (Å²) in [5.74, 6) is -3.06. The lowest BCUT2D eigenvalue weighted by molar-refractivity contribution is -0.262. The number of hydrogen-bond donors (Lipinski definition) is 1. The van der Waals surface area contributed by atoms with Gasteiger partial charge in [-0.1, -0.05) is 0 Å². The van der Waals surface area contributed by atoms with Gasteiger partial charge in [-0.05, 0) is 0 Å². The minimum atomic E-state index is -1.02. The molecule has 27 heavy (non-hydrogen) atoms. The number of ether oxygens (including phenoxy) is 4. The van der Waals surface area contributed by atoms with E-state index in [-0.39, 0.29) is 45.2 Å². The van der Waals surface area contributed by atoms with Crippen LogP contribution >= 0.6 is 0 Å². The molecule has 0 aromatic heterocycles. The summed E-state index contributed by atoms with van der Waals surface area (Å²) in [5.41, 5.74) is 0. The molecular formula is C17H27NO9. The van der Waals surface area contributed by atoms with Crippen molar-refractivity contribution in [2.24, 2.45) is 0 Å². The molecule has 1 aliphatic rings. The minimum Gasteiger partial charge on any atom is -0.481 e. The van der Waals surface area contributed by atoms with Crippen LogP contribution in [0.4, 0.5) is 0 Å². The van der Waals surface area contributed by atoms with Gasteiger partial charge in [-0.2, -0.15) is 0 Å². The number of esters is 2. The maximum absolute atomic E-state index is 12.1. The number of nitrogens with zero attached hydrogens (tertiary/aromatic N) is 1. The molecule has 0 spiro atoms. The maximum atomic E-state index is 12.1. The normalized spacial score (nSPS) is 15.9. The monoisotopic (exact) mass is 389 g/mol. The van der Waals surface area contributed by atoms with Crippen LogP contribution in [0, 0.1) is 0 Å². The second-order valence-corrected chi connectivity index (χ2v) is 6.06. The first-order valence-corrected chi connectivity index (χ1v) is 8.78. The van der Waals surface area contributed by atoms with Gasteiger partial charge in [0.2, 0.25) is 5.91 Å². The minimum absolute atomic E-state index is 0.0526. The number of carboxylic acid groups (broad SMARTS) is 1. The van der Waals surface area contributed by atoms with Crippen LogP contribution in [-0.4, -0.2) is 79.1 Å². The van der Waals surface area contributed by atoms with Crippen LogP contribution in [0.3, 0.4) is 0 Å². The molecule has 0 saturated carbocycles. The molecule has 0 radical (unpaired) electrons. The molecule has 0 aromatic rings. The first-order chi connectivity index (χ1) is 12.7. The Morgan fingerprint density at radius 1 is 0.852 bits per heavy atom. The predicted molar refractivity (Wildman–Crippen MR) is 90.6 cm³/mol. The fourth-order valence-corrected chi connectivity index (χ4v) is 2.63. The van der Waals surface area contributed by atoms with E-state index < -0.39 is 23.7 Å². The Labute approximate surface area is 157 Å². The lowest BCUT2D eigenvalue weighted by atomic mass is 10.0. The maximum Gasteiger partial charge on any atom is 0.303 e. The van der Waals surface area contributed by atoms with Crippen LogP contribution in [0.15, 0.2) is 0 Å². The van der Waals surface area contributed by atoms with Gasteiger partial charge in [-0.25, -0.2) is 0 Å². The van der Waals surface area contributed by atoms with E-state index in [1.54, 1.807) is 4.90 Å². The summed E-state index contributed by atoms with van der Waals surface area (Å²) in [7, 11) is 0. The number of carbonyl (C=O) groups is 4. The standard InChI is InChI=1S/C17H27NO9/c1-13(19)24-9-11-26-17(27-12-10-25-14(2)20)5-7-18(8-6-17)15(21)3-4-16(22)23/h3-12H2,1-2H3,(H,22,23). The van der Waals surface area contributed by atoms with Crippen molar-refractivity contribution in [1.29, 1.82) is 0 Å². The van der Waals surface area contributed by atoms with Gasteiger partial charge in [-0.15, -0.1) is 0 Å². The van der Waals surface area contributed by atoms with Crippen LogP contribution in [0.5, 0.6) is 0 Å². The molecule has 10 heteroatoms. The van der Waals surface area contributed by atoms with E-state index in [0.29, 0.717) is 25.9 Å². The van der Waals surface area contributed by atoms with E-state index in [1.807, 2.05) is 0 Å². The number of hydrogen-bond acceptors (Lipinski definition) is 8. The second kappa shape index (κ2) is 11.5. The highest BCUT2D eigenvalue weighted by molar-refractivity contribution is 5.80. The van der Waals surface area contributed by atoms with Crippen LogP contribution in [0.25, 0.3) is 0 Å². The van der Waals surface area contributed by atoms with Crippen molar-refractivity contribution in [3.8, 4) is 0 Å². The summed E-state index contributed by atoms with van der Waals surface area (Å²) >= 11 is 0. The molecule has 0 unspecified atom stereocenters. The summed E-state index contributed by atoms with van der Waals surface area (Å²) in [6.07, 6.45) is 0.471. The van der Waals surface area contributed by atoms with Gasteiger partial charge in [0.05, 0.1) is 19.6 Å². The molecule has 1 amide bonds. The quantitative estimate of drug-likeness (QED) is 0.302. The Bertz CT molecular complexity index is 502. The fourth-order valence-electron chi connectivity index (χ4n) is 2.63. The van der Waals surface area contributed by atoms with Gasteiger partial charge < -0.3 is 29.0 Å². The third kappa shape index (κ3) is 9.34. The predicted octanol–water partition coefficient (Wildman–Crippen LogP) is 0.329. The molecule has 1 aliphatic heterocycles. The second-order valence-electron chi connectivity index (χ2n) is 6.06. The molecule has 10 nitrogen and oxygen atoms in total. The first kappa shape index (κ1) is 22.8. The summed E-state index contributed by atoms with van der Waals surface area (Å²) in [6.45, 7) is 3.69. The third-order valence-electron chi connectivity index (χ3n) is 3.94. The fraction of sp³-hybridized carbons (Fsp3) is 0.765. The first-order valence-electron chi connectivity index (χ1n) is 8.78. The van der Waals surface area contributed by atoms with E-state index in [4.69, 9.17) is 24.1 Å². The van der Waals surface area contributed by atoms with Gasteiger partial charge in [-0.3, -0.25) is 19.2 Å². The Morgan fingerprint density at radius 2 is 1.33 bits per heavy atom. The van der Waals surface area contributed by atoms with Crippen LogP contribution in [0.1, 0.15) is 39.5 Å². The number of rotatable bonds is 11. The molecule has 0 atom stereocenters. The van der Waals surface area contributed by atoms with Crippen molar-refractivity contribution >= 4 is 23.8 Å². The van der Waals surface area contributed by atoms with Crippen LogP contribution in [-0.2, 0) is 38.1 Å². The highest BCUT2D eigenvalue weighted by atomic mass is 16.7. The van der Waals surface area contributed by atoms with Gasteiger partial charge in [0, 0.05) is 46.2 Å². The van der Waals surface area contributed by atoms with E-state index in [9.17, 15) is 19.2 Å². The molecular weight excluding hydrogens is 362 g/mol. The zero-order valence-corrected chi connectivity index (χ0v) is 15.7. The van der Waals surface area contributed by atoms with Crippen LogP contribution in [0.2, 0.25) is 0 Å². The van der Waals surface area contributed by atoms with Crippen molar-refractivity contribution in [3.63, 3.8) is 0 Å². The summed E-state index contributed by atoms with van der Waals surface area (Å²) in [6, 6.07) is 0. The van der Waals surface area contributed by atoms with Crippen LogP contribution < -0.4 is 0 Å². The van der Waals surface area contributed by atoms with Gasteiger partial charge in [0.1, 0.15) is 13.2 Å². The number of carbonyl (C=O) groups excluding carboxylic acids is 3. The summed E-state index contributed by atoms with van der Waals surface area (Å²) in [5, 5.41) is 8.68. The number of piperidine rings is 1. The average molecular weight is 389 g/mol. The number of carboxylic acids is 1. The van der Waals surface area contributed by atoms with E-state index in [1.165, 1.54) is 13.8 Å². The van der Waals surface area contributed by atoms with E-state index in [0.717, 1.165) is 0 Å². The zero-order chi connectivity index (χ0) is 20.3. The highest BCUT2D eigenvalue weighted by Crippen LogP contribution is 2.28. The molecule has 1 heterocycles. The molecule has 0 aromatic carbocycles. The zero-order valence-electron chi connectivity index (χ0n) is 15.7. The Hall–Kier alpha value is -2.20. The molecule has 1 fully saturated rings. The summed E-state index contributed by atoms with van der Waals surface area (Å²) in [4.78, 5) is 45.9. The molecule has 0 bridgehead atoms. The van der Waals surface area contributed by atoms with E-state index in [2.05, 4.69) is 0 Å². The van der Waals surface area contributed by atoms with E-state index >= 15 is 0 Å². The van der Waals surface area contributed by atoms with Crippen molar-refractivity contribution < 1.29 is 43.2 Å². The highest BCUT2D eigenvalue weighted by Gasteiger charge is 2.38. The summed E-state index contributed by atoms with van der Waals surface area (Å²) < 4.78 is 21.2. The Kier molecular flexibility index (Phi) is 9.73.